The van der Waals surface area contributed by atoms with Gasteiger partial charge in [0.15, 0.2) is 5.17 Å². The molecule has 1 aliphatic carbocycles. The molecular formula is C17H19FN4O2S. The van der Waals surface area contributed by atoms with Crippen LogP contribution in [0.4, 0.5) is 10.1 Å². The highest BCUT2D eigenvalue weighted by molar-refractivity contribution is 8.15. The Kier molecular flexibility index (Phi) is 5.80. The Morgan fingerprint density at radius 2 is 1.92 bits per heavy atom. The average molecular weight is 362 g/mol. The molecule has 6 nitrogen and oxygen atoms in total. The third kappa shape index (κ3) is 5.12. The molecule has 1 aromatic rings. The molecule has 8 heteroatoms. The summed E-state index contributed by atoms with van der Waals surface area (Å²) in [7, 11) is 0. The van der Waals surface area contributed by atoms with E-state index in [-0.39, 0.29) is 24.1 Å². The third-order valence-corrected chi connectivity index (χ3v) is 5.06. The lowest BCUT2D eigenvalue weighted by molar-refractivity contribution is -0.122. The summed E-state index contributed by atoms with van der Waals surface area (Å²) in [5, 5.41) is 13.5. The summed E-state index contributed by atoms with van der Waals surface area (Å²) in [6.07, 6.45) is 5.43. The fourth-order valence-electron chi connectivity index (χ4n) is 2.68. The molecule has 0 bridgehead atoms. The normalized spacial score (nSPS) is 22.0. The van der Waals surface area contributed by atoms with Crippen molar-refractivity contribution in [2.45, 2.75) is 43.8 Å². The highest BCUT2D eigenvalue weighted by atomic mass is 32.2. The summed E-state index contributed by atoms with van der Waals surface area (Å²) < 4.78 is 12.9. The van der Waals surface area contributed by atoms with Crippen LogP contribution < -0.4 is 10.6 Å². The number of hydrogen-bond donors (Lipinski definition) is 2. The molecule has 2 N–H and O–H groups in total. The first-order chi connectivity index (χ1) is 12.1. The Hall–Kier alpha value is -2.22. The van der Waals surface area contributed by atoms with Crippen molar-refractivity contribution in [3.63, 3.8) is 0 Å². The SMILES string of the molecule is O=C(CC1S/C(=N\N=C2CCCCC2)NC1=O)Nc1ccc(F)cc1. The molecule has 1 unspecified atom stereocenters. The smallest absolute Gasteiger partial charge is 0.240 e. The van der Waals surface area contributed by atoms with E-state index in [4.69, 9.17) is 0 Å². The molecule has 1 atom stereocenters. The highest BCUT2D eigenvalue weighted by Crippen LogP contribution is 2.23. The third-order valence-electron chi connectivity index (χ3n) is 3.99. The number of benzene rings is 1. The minimum Gasteiger partial charge on any atom is -0.326 e. The van der Waals surface area contributed by atoms with Crippen molar-refractivity contribution in [1.82, 2.24) is 5.32 Å². The second kappa shape index (κ2) is 8.24. The number of hydrogen-bond acceptors (Lipinski definition) is 5. The van der Waals surface area contributed by atoms with Crippen LogP contribution in [0.5, 0.6) is 0 Å². The van der Waals surface area contributed by atoms with Crippen LogP contribution in [0.2, 0.25) is 0 Å². The minimum atomic E-state index is -0.536. The van der Waals surface area contributed by atoms with E-state index >= 15 is 0 Å². The van der Waals surface area contributed by atoms with Gasteiger partial charge < -0.3 is 10.6 Å². The van der Waals surface area contributed by atoms with Crippen LogP contribution in [0.25, 0.3) is 0 Å². The van der Waals surface area contributed by atoms with E-state index in [0.29, 0.717) is 10.9 Å². The van der Waals surface area contributed by atoms with Gasteiger partial charge in [0.05, 0.1) is 0 Å². The van der Waals surface area contributed by atoms with Crippen molar-refractivity contribution >= 4 is 40.1 Å². The second-order valence-electron chi connectivity index (χ2n) is 5.99. The summed E-state index contributed by atoms with van der Waals surface area (Å²) in [4.78, 5) is 24.0. The Labute approximate surface area is 149 Å². The summed E-state index contributed by atoms with van der Waals surface area (Å²) in [6, 6.07) is 5.48. The van der Waals surface area contributed by atoms with Crippen LogP contribution in [0.1, 0.15) is 38.5 Å². The monoisotopic (exact) mass is 362 g/mol. The summed E-state index contributed by atoms with van der Waals surface area (Å²) in [5.74, 6) is -0.926. The standard InChI is InChI=1S/C17H19FN4O2S/c18-11-6-8-12(9-7-11)19-15(23)10-14-16(24)20-17(25-14)22-21-13-4-2-1-3-5-13/h6-9,14H,1-5,10H2,(H,19,23)(H,20,22,24). The van der Waals surface area contributed by atoms with Gasteiger partial charge >= 0.3 is 0 Å². The van der Waals surface area contributed by atoms with Gasteiger partial charge in [0.2, 0.25) is 11.8 Å². The van der Waals surface area contributed by atoms with Crippen molar-refractivity contribution < 1.29 is 14.0 Å². The minimum absolute atomic E-state index is 0.0173. The van der Waals surface area contributed by atoms with Gasteiger partial charge in [0.1, 0.15) is 11.1 Å². The van der Waals surface area contributed by atoms with E-state index in [1.54, 1.807) is 0 Å². The van der Waals surface area contributed by atoms with Crippen molar-refractivity contribution in [3.8, 4) is 0 Å². The van der Waals surface area contributed by atoms with E-state index in [2.05, 4.69) is 20.8 Å². The number of carbonyl (C=O) groups is 2. The highest BCUT2D eigenvalue weighted by Gasteiger charge is 2.32. The van der Waals surface area contributed by atoms with Crippen molar-refractivity contribution in [2.24, 2.45) is 10.2 Å². The number of halogens is 1. The number of nitrogens with one attached hydrogen (secondary N) is 2. The van der Waals surface area contributed by atoms with Gasteiger partial charge in [-0.3, -0.25) is 9.59 Å². The van der Waals surface area contributed by atoms with E-state index < -0.39 is 5.25 Å². The maximum absolute atomic E-state index is 12.9. The maximum atomic E-state index is 12.9. The van der Waals surface area contributed by atoms with Gasteiger partial charge in [-0.2, -0.15) is 5.10 Å². The molecular weight excluding hydrogens is 343 g/mol. The molecule has 2 amide bonds. The Bertz CT molecular complexity index is 710. The van der Waals surface area contributed by atoms with Crippen LogP contribution >= 0.6 is 11.8 Å². The zero-order valence-electron chi connectivity index (χ0n) is 13.6. The molecule has 1 heterocycles. The van der Waals surface area contributed by atoms with Gasteiger partial charge in [-0.15, -0.1) is 5.10 Å². The van der Waals surface area contributed by atoms with Crippen LogP contribution in [0, 0.1) is 5.82 Å². The number of anilines is 1. The number of amides is 2. The number of nitrogens with zero attached hydrogens (tertiary/aromatic N) is 2. The van der Waals surface area contributed by atoms with Gasteiger partial charge in [-0.1, -0.05) is 18.2 Å². The van der Waals surface area contributed by atoms with Crippen LogP contribution in [0.15, 0.2) is 34.5 Å². The first kappa shape index (κ1) is 17.6. The molecule has 1 saturated carbocycles. The number of rotatable bonds is 4. The van der Waals surface area contributed by atoms with Crippen LogP contribution in [0.3, 0.4) is 0 Å². The van der Waals surface area contributed by atoms with E-state index in [1.165, 1.54) is 42.4 Å². The molecule has 2 aliphatic rings. The lowest BCUT2D eigenvalue weighted by Crippen LogP contribution is -2.28. The summed E-state index contributed by atoms with van der Waals surface area (Å²) in [5.41, 5.74) is 1.55. The molecule has 0 aromatic heterocycles. The van der Waals surface area contributed by atoms with E-state index in [1.807, 2.05) is 0 Å². The Morgan fingerprint density at radius 1 is 1.20 bits per heavy atom. The Balaban J connectivity index is 1.53. The largest absolute Gasteiger partial charge is 0.326 e. The van der Waals surface area contributed by atoms with Gasteiger partial charge in [-0.25, -0.2) is 4.39 Å². The molecule has 0 radical (unpaired) electrons. The molecule has 132 valence electrons. The fraction of sp³-hybridized carbons (Fsp3) is 0.412. The van der Waals surface area contributed by atoms with Crippen molar-refractivity contribution in [3.05, 3.63) is 30.1 Å². The predicted molar refractivity (Wildman–Crippen MR) is 97.1 cm³/mol. The van der Waals surface area contributed by atoms with Crippen LogP contribution in [-0.2, 0) is 9.59 Å². The van der Waals surface area contributed by atoms with Gasteiger partial charge in [0.25, 0.3) is 0 Å². The topological polar surface area (TPSA) is 82.9 Å². The quantitative estimate of drug-likeness (QED) is 0.808. The zero-order chi connectivity index (χ0) is 17.6. The molecule has 25 heavy (non-hydrogen) atoms. The van der Waals surface area contributed by atoms with Crippen molar-refractivity contribution in [2.75, 3.05) is 5.32 Å². The summed E-state index contributed by atoms with van der Waals surface area (Å²) in [6.45, 7) is 0. The lowest BCUT2D eigenvalue weighted by Gasteiger charge is -2.10. The molecule has 2 fully saturated rings. The van der Waals surface area contributed by atoms with E-state index in [0.717, 1.165) is 31.4 Å². The molecule has 0 spiro atoms. The number of amidine groups is 1. The second-order valence-corrected chi connectivity index (χ2v) is 7.18. The molecule has 3 rings (SSSR count). The van der Waals surface area contributed by atoms with Crippen LogP contribution in [-0.4, -0.2) is 27.9 Å². The van der Waals surface area contributed by atoms with Gasteiger partial charge in [0, 0.05) is 17.8 Å². The van der Waals surface area contributed by atoms with E-state index in [9.17, 15) is 14.0 Å². The molecule has 1 aromatic carbocycles. The average Bonchev–Trinajstić information content (AvgIpc) is 2.96. The molecule has 1 saturated heterocycles. The number of carbonyl (C=O) groups excluding carboxylic acids is 2. The first-order valence-corrected chi connectivity index (χ1v) is 9.14. The summed E-state index contributed by atoms with van der Waals surface area (Å²) >= 11 is 1.21. The van der Waals surface area contributed by atoms with Gasteiger partial charge in [-0.05, 0) is 49.9 Å². The Morgan fingerprint density at radius 3 is 2.64 bits per heavy atom. The van der Waals surface area contributed by atoms with Crippen molar-refractivity contribution in [1.29, 1.82) is 0 Å². The molecule has 1 aliphatic heterocycles. The fourth-order valence-corrected chi connectivity index (χ4v) is 3.59. The maximum Gasteiger partial charge on any atom is 0.240 e. The lowest BCUT2D eigenvalue weighted by atomic mass is 9.99. The first-order valence-electron chi connectivity index (χ1n) is 8.26. The number of thioether (sulfide) groups is 1. The zero-order valence-corrected chi connectivity index (χ0v) is 14.4. The predicted octanol–water partition coefficient (Wildman–Crippen LogP) is 3.06.